The van der Waals surface area contributed by atoms with Crippen molar-refractivity contribution in [3.05, 3.63) is 65.5 Å². The molecule has 2 N–H and O–H groups in total. The highest BCUT2D eigenvalue weighted by Crippen LogP contribution is 2.25. The van der Waals surface area contributed by atoms with Crippen LogP contribution in [0.1, 0.15) is 16.8 Å². The number of aromatic nitrogens is 1. The van der Waals surface area contributed by atoms with Crippen LogP contribution in [0.5, 0.6) is 0 Å². The van der Waals surface area contributed by atoms with E-state index in [2.05, 4.69) is 10.3 Å². The van der Waals surface area contributed by atoms with Crippen LogP contribution in [0.4, 0.5) is 8.78 Å². The second-order valence-electron chi connectivity index (χ2n) is 4.77. The third-order valence-electron chi connectivity index (χ3n) is 3.18. The maximum Gasteiger partial charge on any atom is 0.366 e. The average Bonchev–Trinajstić information content (AvgIpc) is 2.56. The Morgan fingerprint density at radius 1 is 1.14 bits per heavy atom. The largest absolute Gasteiger partial charge is 0.392 e. The zero-order chi connectivity index (χ0) is 16.0. The normalized spacial score (nSPS) is 11.2. The minimum Gasteiger partial charge on any atom is -0.392 e. The van der Waals surface area contributed by atoms with Gasteiger partial charge in [-0.2, -0.15) is 8.78 Å². The number of alkyl halides is 2. The fraction of sp³-hybridized carbons (Fsp3) is 0.250. The van der Waals surface area contributed by atoms with E-state index in [4.69, 9.17) is 5.11 Å². The van der Waals surface area contributed by atoms with Gasteiger partial charge >= 0.3 is 5.92 Å². The maximum atomic E-state index is 13.9. The van der Waals surface area contributed by atoms with E-state index in [0.717, 1.165) is 17.2 Å². The highest BCUT2D eigenvalue weighted by atomic mass is 19.3. The molecular formula is C16H16F2N2O2. The van der Waals surface area contributed by atoms with Crippen molar-refractivity contribution in [3.63, 3.8) is 0 Å². The first-order valence-electron chi connectivity index (χ1n) is 6.80. The molecule has 6 heteroatoms. The quantitative estimate of drug-likeness (QED) is 0.858. The lowest BCUT2D eigenvalue weighted by Gasteiger charge is -2.15. The van der Waals surface area contributed by atoms with Crippen LogP contribution in [-0.4, -0.2) is 22.5 Å². The van der Waals surface area contributed by atoms with Gasteiger partial charge in [-0.05, 0) is 29.7 Å². The lowest BCUT2D eigenvalue weighted by molar-refractivity contribution is -0.147. The molecule has 4 nitrogen and oxygen atoms in total. The number of carbonyl (C=O) groups is 1. The third kappa shape index (κ3) is 3.85. The molecule has 0 aliphatic carbocycles. The molecule has 116 valence electrons. The van der Waals surface area contributed by atoms with Crippen molar-refractivity contribution in [2.75, 3.05) is 6.54 Å². The number of hydrogen-bond donors (Lipinski definition) is 2. The molecule has 0 aliphatic heterocycles. The van der Waals surface area contributed by atoms with Gasteiger partial charge < -0.3 is 10.4 Å². The summed E-state index contributed by atoms with van der Waals surface area (Å²) in [4.78, 5) is 15.1. The third-order valence-corrected chi connectivity index (χ3v) is 3.18. The van der Waals surface area contributed by atoms with Gasteiger partial charge in [0.15, 0.2) is 0 Å². The molecule has 2 aromatic rings. The van der Waals surface area contributed by atoms with Crippen LogP contribution in [0.25, 0.3) is 0 Å². The van der Waals surface area contributed by atoms with Crippen LogP contribution >= 0.6 is 0 Å². The van der Waals surface area contributed by atoms with E-state index in [1.807, 2.05) is 0 Å². The Hall–Kier alpha value is -2.34. The first-order chi connectivity index (χ1) is 10.5. The van der Waals surface area contributed by atoms with Crippen molar-refractivity contribution in [2.45, 2.75) is 19.0 Å². The number of nitrogens with one attached hydrogen (secondary N) is 1. The van der Waals surface area contributed by atoms with Crippen molar-refractivity contribution < 1.29 is 18.7 Å². The summed E-state index contributed by atoms with van der Waals surface area (Å²) in [6.45, 7) is 0.0487. The van der Waals surface area contributed by atoms with Crippen LogP contribution in [0.3, 0.4) is 0 Å². The number of aliphatic hydroxyl groups excluding tert-OH is 1. The Bertz CT molecular complexity index is 616. The number of pyridine rings is 1. The standard InChI is InChI=1S/C16H16F2N2O2/c17-16(18,14-3-1-2-9-19-14)15(22)20-10-8-12-4-6-13(11-21)7-5-12/h1-7,9,21H,8,10-11H2,(H,20,22). The van der Waals surface area contributed by atoms with Gasteiger partial charge in [0, 0.05) is 12.7 Å². The molecule has 0 bridgehead atoms. The van der Waals surface area contributed by atoms with E-state index in [9.17, 15) is 13.6 Å². The smallest absolute Gasteiger partial charge is 0.366 e. The van der Waals surface area contributed by atoms with Gasteiger partial charge in [0.05, 0.1) is 6.61 Å². The number of rotatable bonds is 6. The Balaban J connectivity index is 1.89. The molecule has 2 rings (SSSR count). The van der Waals surface area contributed by atoms with Crippen molar-refractivity contribution in [1.29, 1.82) is 0 Å². The first kappa shape index (κ1) is 16.0. The fourth-order valence-corrected chi connectivity index (χ4v) is 1.91. The van der Waals surface area contributed by atoms with E-state index >= 15 is 0 Å². The summed E-state index contributed by atoms with van der Waals surface area (Å²) in [6, 6.07) is 11.1. The highest BCUT2D eigenvalue weighted by molar-refractivity contribution is 5.84. The summed E-state index contributed by atoms with van der Waals surface area (Å²) >= 11 is 0. The predicted octanol–water partition coefficient (Wildman–Crippen LogP) is 2.02. The molecule has 0 saturated heterocycles. The summed E-state index contributed by atoms with van der Waals surface area (Å²) in [5, 5.41) is 11.1. The Kier molecular flexibility index (Phi) is 5.16. The Morgan fingerprint density at radius 2 is 1.82 bits per heavy atom. The average molecular weight is 306 g/mol. The van der Waals surface area contributed by atoms with Crippen LogP contribution in [0, 0.1) is 0 Å². The summed E-state index contributed by atoms with van der Waals surface area (Å²) in [5.74, 6) is -5.01. The highest BCUT2D eigenvalue weighted by Gasteiger charge is 2.41. The molecule has 0 fully saturated rings. The van der Waals surface area contributed by atoms with Gasteiger partial charge in [-0.3, -0.25) is 9.78 Å². The van der Waals surface area contributed by atoms with Crippen molar-refractivity contribution in [3.8, 4) is 0 Å². The van der Waals surface area contributed by atoms with E-state index in [0.29, 0.717) is 6.42 Å². The van der Waals surface area contributed by atoms with Gasteiger partial charge in [-0.1, -0.05) is 30.3 Å². The van der Waals surface area contributed by atoms with Crippen LogP contribution < -0.4 is 5.32 Å². The molecule has 1 aromatic carbocycles. The molecular weight excluding hydrogens is 290 g/mol. The van der Waals surface area contributed by atoms with E-state index in [-0.39, 0.29) is 13.2 Å². The van der Waals surface area contributed by atoms with Crippen molar-refractivity contribution in [1.82, 2.24) is 10.3 Å². The van der Waals surface area contributed by atoms with Gasteiger partial charge in [-0.15, -0.1) is 0 Å². The summed E-state index contributed by atoms with van der Waals surface area (Å²) < 4.78 is 27.7. The van der Waals surface area contributed by atoms with Gasteiger partial charge in [0.2, 0.25) is 0 Å². The minimum atomic E-state index is -3.65. The molecule has 0 aliphatic rings. The molecule has 1 amide bonds. The number of amides is 1. The topological polar surface area (TPSA) is 62.2 Å². The maximum absolute atomic E-state index is 13.9. The molecule has 0 spiro atoms. The zero-order valence-electron chi connectivity index (χ0n) is 11.8. The molecule has 0 radical (unpaired) electrons. The van der Waals surface area contributed by atoms with Crippen molar-refractivity contribution in [2.24, 2.45) is 0 Å². The fourth-order valence-electron chi connectivity index (χ4n) is 1.91. The van der Waals surface area contributed by atoms with Crippen LogP contribution in [-0.2, 0) is 23.7 Å². The first-order valence-corrected chi connectivity index (χ1v) is 6.80. The summed E-state index contributed by atoms with van der Waals surface area (Å²) in [6.07, 6.45) is 1.65. The van der Waals surface area contributed by atoms with Gasteiger partial charge in [-0.25, -0.2) is 0 Å². The second-order valence-corrected chi connectivity index (χ2v) is 4.77. The van der Waals surface area contributed by atoms with Crippen LogP contribution in [0.2, 0.25) is 0 Å². The Morgan fingerprint density at radius 3 is 2.41 bits per heavy atom. The van der Waals surface area contributed by atoms with Gasteiger partial charge in [0.1, 0.15) is 5.69 Å². The van der Waals surface area contributed by atoms with E-state index < -0.39 is 17.5 Å². The lowest BCUT2D eigenvalue weighted by Crippen LogP contribution is -2.39. The monoisotopic (exact) mass is 306 g/mol. The SMILES string of the molecule is O=C(NCCc1ccc(CO)cc1)C(F)(F)c1ccccn1. The second kappa shape index (κ2) is 7.09. The molecule has 1 heterocycles. The lowest BCUT2D eigenvalue weighted by atomic mass is 10.1. The molecule has 22 heavy (non-hydrogen) atoms. The number of hydrogen-bond acceptors (Lipinski definition) is 3. The minimum absolute atomic E-state index is 0.0483. The zero-order valence-corrected chi connectivity index (χ0v) is 11.8. The number of nitrogens with zero attached hydrogens (tertiary/aromatic N) is 1. The molecule has 1 aromatic heterocycles. The Labute approximate surface area is 126 Å². The van der Waals surface area contributed by atoms with E-state index in [1.165, 1.54) is 18.3 Å². The number of halogens is 2. The summed E-state index contributed by atoms with van der Waals surface area (Å²) in [7, 11) is 0. The van der Waals surface area contributed by atoms with Gasteiger partial charge in [0.25, 0.3) is 5.91 Å². The predicted molar refractivity (Wildman–Crippen MR) is 77.2 cm³/mol. The van der Waals surface area contributed by atoms with Crippen LogP contribution in [0.15, 0.2) is 48.7 Å². The number of aliphatic hydroxyl groups is 1. The summed E-state index contributed by atoms with van der Waals surface area (Å²) in [5.41, 5.74) is 1.09. The molecule has 0 saturated carbocycles. The van der Waals surface area contributed by atoms with E-state index in [1.54, 1.807) is 24.3 Å². The number of benzene rings is 1. The number of carbonyl (C=O) groups excluding carboxylic acids is 1. The van der Waals surface area contributed by atoms with Crippen molar-refractivity contribution >= 4 is 5.91 Å². The molecule has 0 atom stereocenters. The molecule has 0 unspecified atom stereocenters.